The molecule has 1 fully saturated rings. The van der Waals surface area contributed by atoms with E-state index >= 15 is 0 Å². The van der Waals surface area contributed by atoms with Gasteiger partial charge in [0.1, 0.15) is 5.75 Å². The third-order valence-corrected chi connectivity index (χ3v) is 3.81. The highest BCUT2D eigenvalue weighted by Crippen LogP contribution is 2.24. The molecule has 1 aliphatic rings. The molecule has 3 rings (SSSR count). The maximum absolute atomic E-state index is 12.4. The number of methoxy groups -OCH3 is 1. The Bertz CT molecular complexity index is 666. The van der Waals surface area contributed by atoms with E-state index in [4.69, 9.17) is 4.74 Å². The minimum atomic E-state index is -0.182. The first kappa shape index (κ1) is 14.4. The number of carbonyl (C=O) groups is 1. The molecule has 114 valence electrons. The highest BCUT2D eigenvalue weighted by molar-refractivity contribution is 6.05. The van der Waals surface area contributed by atoms with Crippen molar-refractivity contribution in [1.29, 1.82) is 0 Å². The largest absolute Gasteiger partial charge is 0.495 e. The van der Waals surface area contributed by atoms with E-state index in [1.807, 2.05) is 36.5 Å². The van der Waals surface area contributed by atoms with Crippen molar-refractivity contribution < 1.29 is 9.53 Å². The monoisotopic (exact) mass is 297 g/mol. The first-order valence-electron chi connectivity index (χ1n) is 7.42. The average molecular weight is 297 g/mol. The number of ether oxygens (including phenoxy) is 1. The van der Waals surface area contributed by atoms with Crippen LogP contribution in [0.25, 0.3) is 0 Å². The van der Waals surface area contributed by atoms with E-state index in [9.17, 15) is 4.79 Å². The molecule has 0 unspecified atom stereocenters. The normalized spacial score (nSPS) is 14.0. The third kappa shape index (κ3) is 3.03. The number of nitrogens with zero attached hydrogens (tertiary/aromatic N) is 2. The number of benzene rings is 1. The molecule has 0 bridgehead atoms. The summed E-state index contributed by atoms with van der Waals surface area (Å²) in [4.78, 5) is 18.9. The average Bonchev–Trinajstić information content (AvgIpc) is 3.10. The topological polar surface area (TPSA) is 54.5 Å². The number of pyridine rings is 1. The molecule has 1 saturated heterocycles. The molecule has 2 aromatic rings. The van der Waals surface area contributed by atoms with Crippen LogP contribution in [0, 0.1) is 0 Å². The van der Waals surface area contributed by atoms with Crippen LogP contribution in [0.1, 0.15) is 23.2 Å². The molecule has 0 aliphatic carbocycles. The molecular formula is C17H19N3O2. The van der Waals surface area contributed by atoms with Gasteiger partial charge in [-0.3, -0.25) is 9.78 Å². The maximum Gasteiger partial charge on any atom is 0.257 e. The van der Waals surface area contributed by atoms with Crippen LogP contribution in [0.15, 0.2) is 42.7 Å². The van der Waals surface area contributed by atoms with Gasteiger partial charge in [-0.2, -0.15) is 0 Å². The first-order valence-corrected chi connectivity index (χ1v) is 7.42. The van der Waals surface area contributed by atoms with Crippen molar-refractivity contribution in [2.75, 3.05) is 30.4 Å². The van der Waals surface area contributed by atoms with E-state index in [0.717, 1.165) is 18.8 Å². The van der Waals surface area contributed by atoms with Gasteiger partial charge in [0.05, 0.1) is 30.2 Å². The number of rotatable bonds is 4. The Balaban J connectivity index is 1.78. The van der Waals surface area contributed by atoms with Crippen molar-refractivity contribution in [2.24, 2.45) is 0 Å². The van der Waals surface area contributed by atoms with E-state index in [2.05, 4.69) is 15.2 Å². The Morgan fingerprint density at radius 2 is 2.00 bits per heavy atom. The second-order valence-electron chi connectivity index (χ2n) is 5.28. The number of carbonyl (C=O) groups excluding carboxylic acids is 1. The predicted molar refractivity (Wildman–Crippen MR) is 86.6 cm³/mol. The molecule has 0 radical (unpaired) electrons. The van der Waals surface area contributed by atoms with Gasteiger partial charge in [-0.1, -0.05) is 12.1 Å². The van der Waals surface area contributed by atoms with E-state index in [0.29, 0.717) is 17.0 Å². The zero-order valence-corrected chi connectivity index (χ0v) is 12.6. The lowest BCUT2D eigenvalue weighted by atomic mass is 10.2. The molecule has 1 aromatic heterocycles. The molecule has 1 aliphatic heterocycles. The minimum Gasteiger partial charge on any atom is -0.495 e. The van der Waals surface area contributed by atoms with Crippen LogP contribution >= 0.6 is 0 Å². The van der Waals surface area contributed by atoms with Crippen LogP contribution in [0.5, 0.6) is 5.75 Å². The van der Waals surface area contributed by atoms with Crippen molar-refractivity contribution in [3.63, 3.8) is 0 Å². The molecule has 0 spiro atoms. The van der Waals surface area contributed by atoms with Gasteiger partial charge in [0.2, 0.25) is 0 Å². The van der Waals surface area contributed by atoms with E-state index in [-0.39, 0.29) is 5.91 Å². The summed E-state index contributed by atoms with van der Waals surface area (Å²) in [6.45, 7) is 2.05. The molecule has 0 atom stereocenters. The zero-order valence-electron chi connectivity index (χ0n) is 12.6. The quantitative estimate of drug-likeness (QED) is 0.942. The summed E-state index contributed by atoms with van der Waals surface area (Å²) in [5.74, 6) is 0.456. The molecule has 1 N–H and O–H groups in total. The van der Waals surface area contributed by atoms with Gasteiger partial charge in [0, 0.05) is 19.3 Å². The SMILES string of the molecule is COc1ccccc1NC(=O)c1cncc(N2CCCC2)c1. The van der Waals surface area contributed by atoms with E-state index in [1.54, 1.807) is 13.3 Å². The lowest BCUT2D eigenvalue weighted by Crippen LogP contribution is -2.19. The standard InChI is InChI=1S/C17H19N3O2/c1-22-16-7-3-2-6-15(16)19-17(21)13-10-14(12-18-11-13)20-8-4-5-9-20/h2-3,6-7,10-12H,4-5,8-9H2,1H3,(H,19,21). The molecule has 0 saturated carbocycles. The summed E-state index contributed by atoms with van der Waals surface area (Å²) < 4.78 is 5.25. The Morgan fingerprint density at radius 3 is 2.77 bits per heavy atom. The minimum absolute atomic E-state index is 0.182. The van der Waals surface area contributed by atoms with Crippen molar-refractivity contribution in [2.45, 2.75) is 12.8 Å². The summed E-state index contributed by atoms with van der Waals surface area (Å²) >= 11 is 0. The van der Waals surface area contributed by atoms with Gasteiger partial charge in [0.25, 0.3) is 5.91 Å². The van der Waals surface area contributed by atoms with Gasteiger partial charge in [0.15, 0.2) is 0 Å². The highest BCUT2D eigenvalue weighted by Gasteiger charge is 2.15. The Labute approximate surface area is 129 Å². The number of nitrogens with one attached hydrogen (secondary N) is 1. The number of hydrogen-bond acceptors (Lipinski definition) is 4. The van der Waals surface area contributed by atoms with E-state index < -0.39 is 0 Å². The second-order valence-corrected chi connectivity index (χ2v) is 5.28. The summed E-state index contributed by atoms with van der Waals surface area (Å²) in [6, 6.07) is 9.24. The van der Waals surface area contributed by atoms with Crippen LogP contribution in [-0.4, -0.2) is 31.1 Å². The van der Waals surface area contributed by atoms with Crippen LogP contribution in [0.3, 0.4) is 0 Å². The first-order chi connectivity index (χ1) is 10.8. The number of para-hydroxylation sites is 2. The Morgan fingerprint density at radius 1 is 1.23 bits per heavy atom. The molecule has 1 amide bonds. The van der Waals surface area contributed by atoms with Gasteiger partial charge < -0.3 is 15.0 Å². The fourth-order valence-corrected chi connectivity index (χ4v) is 2.64. The number of amides is 1. The Hall–Kier alpha value is -2.56. The number of aromatic nitrogens is 1. The molecule has 5 heteroatoms. The lowest BCUT2D eigenvalue weighted by molar-refractivity contribution is 0.102. The van der Waals surface area contributed by atoms with Crippen LogP contribution < -0.4 is 15.0 Å². The van der Waals surface area contributed by atoms with Crippen molar-refractivity contribution in [3.8, 4) is 5.75 Å². The fourth-order valence-electron chi connectivity index (χ4n) is 2.64. The summed E-state index contributed by atoms with van der Waals surface area (Å²) in [5, 5.41) is 2.87. The van der Waals surface area contributed by atoms with Crippen LogP contribution in [0.2, 0.25) is 0 Å². The molecule has 1 aromatic carbocycles. The zero-order chi connectivity index (χ0) is 15.4. The maximum atomic E-state index is 12.4. The van der Waals surface area contributed by atoms with Gasteiger partial charge >= 0.3 is 0 Å². The third-order valence-electron chi connectivity index (χ3n) is 3.81. The summed E-state index contributed by atoms with van der Waals surface area (Å²) in [7, 11) is 1.58. The van der Waals surface area contributed by atoms with Crippen molar-refractivity contribution >= 4 is 17.3 Å². The van der Waals surface area contributed by atoms with Crippen LogP contribution in [-0.2, 0) is 0 Å². The molecule has 22 heavy (non-hydrogen) atoms. The van der Waals surface area contributed by atoms with Gasteiger partial charge in [-0.15, -0.1) is 0 Å². The second kappa shape index (κ2) is 6.47. The number of hydrogen-bond donors (Lipinski definition) is 1. The smallest absolute Gasteiger partial charge is 0.257 e. The van der Waals surface area contributed by atoms with Gasteiger partial charge in [-0.25, -0.2) is 0 Å². The highest BCUT2D eigenvalue weighted by atomic mass is 16.5. The predicted octanol–water partition coefficient (Wildman–Crippen LogP) is 2.94. The molecule has 5 nitrogen and oxygen atoms in total. The fraction of sp³-hybridized carbons (Fsp3) is 0.294. The number of anilines is 2. The van der Waals surface area contributed by atoms with E-state index in [1.165, 1.54) is 12.8 Å². The van der Waals surface area contributed by atoms with Crippen molar-refractivity contribution in [1.82, 2.24) is 4.98 Å². The van der Waals surface area contributed by atoms with Crippen LogP contribution in [0.4, 0.5) is 11.4 Å². The molecular weight excluding hydrogens is 278 g/mol. The summed E-state index contributed by atoms with van der Waals surface area (Å²) in [6.07, 6.45) is 5.78. The summed E-state index contributed by atoms with van der Waals surface area (Å²) in [5.41, 5.74) is 2.21. The van der Waals surface area contributed by atoms with Gasteiger partial charge in [-0.05, 0) is 31.0 Å². The Kier molecular flexibility index (Phi) is 4.23. The lowest BCUT2D eigenvalue weighted by Gasteiger charge is -2.17. The molecule has 2 heterocycles. The van der Waals surface area contributed by atoms with Crippen molar-refractivity contribution in [3.05, 3.63) is 48.3 Å².